The zero-order valence-electron chi connectivity index (χ0n) is 16.6. The minimum atomic E-state index is -0.220. The lowest BCUT2D eigenvalue weighted by atomic mass is 10.0. The monoisotopic (exact) mass is 478 g/mol. The second kappa shape index (κ2) is 9.09. The summed E-state index contributed by atoms with van der Waals surface area (Å²) in [7, 11) is 0. The van der Waals surface area contributed by atoms with E-state index < -0.39 is 0 Å². The topological polar surface area (TPSA) is 59.4 Å². The molecule has 1 amide bonds. The zero-order chi connectivity index (χ0) is 20.7. The van der Waals surface area contributed by atoms with Crippen molar-refractivity contribution in [3.8, 4) is 22.7 Å². The van der Waals surface area contributed by atoms with Gasteiger partial charge in [-0.3, -0.25) is 10.2 Å². The fourth-order valence-electron chi connectivity index (χ4n) is 3.98. The lowest BCUT2D eigenvalue weighted by Gasteiger charge is -2.26. The van der Waals surface area contributed by atoms with Gasteiger partial charge in [0.1, 0.15) is 12.4 Å². The molecule has 2 aliphatic heterocycles. The summed E-state index contributed by atoms with van der Waals surface area (Å²) in [5.41, 5.74) is 6.63. The van der Waals surface area contributed by atoms with Crippen molar-refractivity contribution in [2.75, 3.05) is 13.1 Å². The normalized spacial score (nSPS) is 15.3. The molecule has 5 rings (SSSR count). The van der Waals surface area contributed by atoms with Crippen LogP contribution in [0, 0.1) is 0 Å². The Kier molecular flexibility index (Phi) is 6.44. The summed E-state index contributed by atoms with van der Waals surface area (Å²) in [5.74, 6) is 0.454. The van der Waals surface area contributed by atoms with Gasteiger partial charge in [0, 0.05) is 34.3 Å². The zero-order valence-corrected chi connectivity index (χ0v) is 18.9. The largest absolute Gasteiger partial charge is 0.488 e. The number of hydrogen-bond acceptors (Lipinski definition) is 4. The molecular formula is C22H21Cl3N4O2. The van der Waals surface area contributed by atoms with Crippen LogP contribution in [0.1, 0.15) is 35.3 Å². The molecule has 3 aromatic rings. The van der Waals surface area contributed by atoms with E-state index >= 15 is 0 Å². The standard InChI is InChI=1S/C22H20Cl2N4O2.ClH/c23-14-4-7-16(8-5-14)28-21-17-9-6-15(24)12-19(17)30-13-18(21)20(25-28)22(29)26-27-10-2-1-3-11-27;/h4-9,12H,1-3,10-11,13H2,(H,26,29);1H. The molecule has 1 fully saturated rings. The number of rotatable bonds is 3. The third kappa shape index (κ3) is 4.26. The number of halogens is 3. The van der Waals surface area contributed by atoms with Crippen LogP contribution in [0.3, 0.4) is 0 Å². The number of piperidine rings is 1. The molecule has 162 valence electrons. The highest BCUT2D eigenvalue weighted by atomic mass is 35.5. The van der Waals surface area contributed by atoms with E-state index in [1.165, 1.54) is 6.42 Å². The molecule has 9 heteroatoms. The van der Waals surface area contributed by atoms with Crippen molar-refractivity contribution >= 4 is 41.5 Å². The first-order valence-electron chi connectivity index (χ1n) is 9.96. The third-order valence-corrected chi connectivity index (χ3v) is 5.94. The van der Waals surface area contributed by atoms with Gasteiger partial charge in [0.2, 0.25) is 0 Å². The van der Waals surface area contributed by atoms with E-state index in [0.717, 1.165) is 48.4 Å². The predicted molar refractivity (Wildman–Crippen MR) is 123 cm³/mol. The molecule has 2 aliphatic rings. The van der Waals surface area contributed by atoms with Crippen LogP contribution >= 0.6 is 35.6 Å². The van der Waals surface area contributed by atoms with E-state index in [-0.39, 0.29) is 24.9 Å². The number of fused-ring (bicyclic) bond motifs is 3. The van der Waals surface area contributed by atoms with Gasteiger partial charge in [-0.15, -0.1) is 12.4 Å². The Labute approximate surface area is 196 Å². The van der Waals surface area contributed by atoms with Gasteiger partial charge >= 0.3 is 0 Å². The number of carbonyl (C=O) groups is 1. The number of benzene rings is 2. The minimum Gasteiger partial charge on any atom is -0.488 e. The SMILES string of the molecule is Cl.O=C(NN1CCCCC1)c1nn(-c2ccc(Cl)cc2)c2c1COc1cc(Cl)ccc1-2. The first-order valence-corrected chi connectivity index (χ1v) is 10.7. The molecule has 3 heterocycles. The highest BCUT2D eigenvalue weighted by Crippen LogP contribution is 2.41. The van der Waals surface area contributed by atoms with Crippen LogP contribution in [0.25, 0.3) is 16.9 Å². The Morgan fingerprint density at radius 2 is 1.71 bits per heavy atom. The molecule has 0 radical (unpaired) electrons. The lowest BCUT2D eigenvalue weighted by molar-refractivity contribution is 0.0742. The van der Waals surface area contributed by atoms with Crippen LogP contribution < -0.4 is 10.2 Å². The van der Waals surface area contributed by atoms with E-state index in [2.05, 4.69) is 5.43 Å². The van der Waals surface area contributed by atoms with Gasteiger partial charge < -0.3 is 4.74 Å². The van der Waals surface area contributed by atoms with Crippen LogP contribution in [-0.2, 0) is 6.61 Å². The summed E-state index contributed by atoms with van der Waals surface area (Å²) in [6.07, 6.45) is 3.35. The average molecular weight is 480 g/mol. The average Bonchev–Trinajstić information content (AvgIpc) is 3.15. The van der Waals surface area contributed by atoms with Gasteiger partial charge in [0.05, 0.1) is 11.4 Å². The number of ether oxygens (including phenoxy) is 1. The van der Waals surface area contributed by atoms with Gasteiger partial charge in [-0.2, -0.15) is 5.10 Å². The molecule has 31 heavy (non-hydrogen) atoms. The highest BCUT2D eigenvalue weighted by molar-refractivity contribution is 6.31. The van der Waals surface area contributed by atoms with Gasteiger partial charge in [0.15, 0.2) is 5.69 Å². The predicted octanol–water partition coefficient (Wildman–Crippen LogP) is 5.29. The Balaban J connectivity index is 0.00000231. The van der Waals surface area contributed by atoms with E-state index in [4.69, 9.17) is 33.0 Å². The fourth-order valence-corrected chi connectivity index (χ4v) is 4.27. The highest BCUT2D eigenvalue weighted by Gasteiger charge is 2.31. The molecular weight excluding hydrogens is 459 g/mol. The maximum atomic E-state index is 13.1. The number of hydrogen-bond donors (Lipinski definition) is 1. The molecule has 6 nitrogen and oxygen atoms in total. The second-order valence-corrected chi connectivity index (χ2v) is 8.35. The van der Waals surface area contributed by atoms with Crippen molar-refractivity contribution in [2.45, 2.75) is 25.9 Å². The summed E-state index contributed by atoms with van der Waals surface area (Å²) < 4.78 is 7.71. The van der Waals surface area contributed by atoms with Crippen molar-refractivity contribution in [3.05, 3.63) is 63.8 Å². The van der Waals surface area contributed by atoms with Crippen LogP contribution in [0.5, 0.6) is 5.75 Å². The van der Waals surface area contributed by atoms with Gasteiger partial charge in [-0.1, -0.05) is 29.6 Å². The molecule has 1 N–H and O–H groups in total. The third-order valence-electron chi connectivity index (χ3n) is 5.46. The Morgan fingerprint density at radius 1 is 1.00 bits per heavy atom. The summed E-state index contributed by atoms with van der Waals surface area (Å²) in [4.78, 5) is 13.1. The van der Waals surface area contributed by atoms with Crippen LogP contribution in [0.2, 0.25) is 10.0 Å². The molecule has 1 saturated heterocycles. The lowest BCUT2D eigenvalue weighted by Crippen LogP contribution is -2.45. The number of carbonyl (C=O) groups excluding carboxylic acids is 1. The molecule has 0 bridgehead atoms. The molecule has 0 aliphatic carbocycles. The summed E-state index contributed by atoms with van der Waals surface area (Å²) in [6.45, 7) is 1.95. The Hall–Kier alpha value is -2.25. The molecule has 1 aromatic heterocycles. The van der Waals surface area contributed by atoms with E-state index in [1.807, 2.05) is 29.3 Å². The van der Waals surface area contributed by atoms with Gasteiger partial charge in [-0.25, -0.2) is 9.69 Å². The number of nitrogens with one attached hydrogen (secondary N) is 1. The van der Waals surface area contributed by atoms with Gasteiger partial charge in [0.25, 0.3) is 5.91 Å². The van der Waals surface area contributed by atoms with Crippen LogP contribution in [0.15, 0.2) is 42.5 Å². The summed E-state index contributed by atoms with van der Waals surface area (Å²) in [6, 6.07) is 12.9. The molecule has 0 unspecified atom stereocenters. The first-order chi connectivity index (χ1) is 14.6. The molecule has 0 spiro atoms. The second-order valence-electron chi connectivity index (χ2n) is 7.48. The molecule has 0 saturated carbocycles. The number of nitrogens with zero attached hydrogens (tertiary/aromatic N) is 3. The van der Waals surface area contributed by atoms with Crippen LogP contribution in [0.4, 0.5) is 0 Å². The summed E-state index contributed by atoms with van der Waals surface area (Å²) >= 11 is 12.2. The van der Waals surface area contributed by atoms with Crippen molar-refractivity contribution < 1.29 is 9.53 Å². The Bertz CT molecular complexity index is 1110. The minimum absolute atomic E-state index is 0. The van der Waals surface area contributed by atoms with E-state index in [9.17, 15) is 4.79 Å². The smallest absolute Gasteiger partial charge is 0.286 e. The van der Waals surface area contributed by atoms with Crippen LogP contribution in [-0.4, -0.2) is 33.8 Å². The first kappa shape index (κ1) is 22.0. The molecule has 2 aromatic carbocycles. The fraction of sp³-hybridized carbons (Fsp3) is 0.273. The number of amides is 1. The van der Waals surface area contributed by atoms with Crippen molar-refractivity contribution in [2.24, 2.45) is 0 Å². The summed E-state index contributed by atoms with van der Waals surface area (Å²) in [5, 5.41) is 7.90. The van der Waals surface area contributed by atoms with Crippen molar-refractivity contribution in [1.82, 2.24) is 20.2 Å². The van der Waals surface area contributed by atoms with E-state index in [1.54, 1.807) is 22.9 Å². The van der Waals surface area contributed by atoms with Crippen molar-refractivity contribution in [1.29, 1.82) is 0 Å². The van der Waals surface area contributed by atoms with Gasteiger partial charge in [-0.05, 0) is 55.3 Å². The Morgan fingerprint density at radius 3 is 2.45 bits per heavy atom. The van der Waals surface area contributed by atoms with E-state index in [0.29, 0.717) is 21.5 Å². The van der Waals surface area contributed by atoms with Crippen molar-refractivity contribution in [3.63, 3.8) is 0 Å². The maximum Gasteiger partial charge on any atom is 0.286 e. The number of aromatic nitrogens is 2. The quantitative estimate of drug-likeness (QED) is 0.554. The number of hydrazine groups is 1. The maximum absolute atomic E-state index is 13.1. The molecule has 0 atom stereocenters.